The monoisotopic (exact) mass is 470 g/mol. The Morgan fingerprint density at radius 1 is 1.03 bits per heavy atom. The molecule has 0 bridgehead atoms. The van der Waals surface area contributed by atoms with E-state index in [1.165, 1.54) is 24.1 Å². The zero-order valence-electron chi connectivity index (χ0n) is 17.2. The molecule has 0 aromatic heterocycles. The van der Waals surface area contributed by atoms with Gasteiger partial charge in [0.2, 0.25) is 5.91 Å². The quantitative estimate of drug-likeness (QED) is 0.484. The van der Waals surface area contributed by atoms with Gasteiger partial charge in [0.1, 0.15) is 5.82 Å². The first kappa shape index (κ1) is 22.2. The highest BCUT2D eigenvalue weighted by Gasteiger charge is 2.31. The van der Waals surface area contributed by atoms with Gasteiger partial charge in [0.15, 0.2) is 9.84 Å². The number of carbonyl (C=O) groups excluding carboxylic acids is 1. The molecule has 1 aliphatic heterocycles. The molecule has 1 amide bonds. The third-order valence-electron chi connectivity index (χ3n) is 5.30. The van der Waals surface area contributed by atoms with Crippen molar-refractivity contribution in [2.45, 2.75) is 30.0 Å². The highest BCUT2D eigenvalue weighted by Crippen LogP contribution is 2.33. The van der Waals surface area contributed by atoms with Crippen LogP contribution in [0.3, 0.4) is 0 Å². The van der Waals surface area contributed by atoms with Gasteiger partial charge in [-0.15, -0.1) is 0 Å². The standard InChI is InChI=1S/C24H20ClFN2O3S/c1-16(29)28-24(19-6-8-20(25)9-7-19)14-23(27-28)18-4-2-17(3-5-18)15-32(30,31)22-12-10-21(26)11-13-22/h2-13,24H,14-15H2,1H3. The van der Waals surface area contributed by atoms with Gasteiger partial charge in [-0.2, -0.15) is 5.10 Å². The number of rotatable bonds is 5. The minimum atomic E-state index is -3.59. The van der Waals surface area contributed by atoms with Crippen molar-refractivity contribution in [2.24, 2.45) is 5.10 Å². The van der Waals surface area contributed by atoms with Gasteiger partial charge < -0.3 is 0 Å². The minimum Gasteiger partial charge on any atom is -0.273 e. The lowest BCUT2D eigenvalue weighted by molar-refractivity contribution is -0.130. The van der Waals surface area contributed by atoms with Crippen LogP contribution in [0.5, 0.6) is 0 Å². The number of hydrogen-bond acceptors (Lipinski definition) is 4. The molecule has 3 aromatic rings. The van der Waals surface area contributed by atoms with E-state index in [1.54, 1.807) is 36.4 Å². The zero-order valence-corrected chi connectivity index (χ0v) is 18.8. The van der Waals surface area contributed by atoms with Crippen LogP contribution in [0.4, 0.5) is 4.39 Å². The van der Waals surface area contributed by atoms with E-state index in [2.05, 4.69) is 5.10 Å². The lowest BCUT2D eigenvalue weighted by Crippen LogP contribution is -2.24. The normalized spacial score (nSPS) is 16.2. The van der Waals surface area contributed by atoms with E-state index in [-0.39, 0.29) is 22.6 Å². The maximum absolute atomic E-state index is 13.1. The molecule has 8 heteroatoms. The van der Waals surface area contributed by atoms with E-state index >= 15 is 0 Å². The first-order valence-electron chi connectivity index (χ1n) is 9.93. The summed E-state index contributed by atoms with van der Waals surface area (Å²) in [5, 5.41) is 6.59. The van der Waals surface area contributed by atoms with Crippen molar-refractivity contribution >= 4 is 33.1 Å². The predicted molar refractivity (Wildman–Crippen MR) is 122 cm³/mol. The van der Waals surface area contributed by atoms with Crippen molar-refractivity contribution in [3.8, 4) is 0 Å². The summed E-state index contributed by atoms with van der Waals surface area (Å²) in [7, 11) is -3.59. The number of sulfone groups is 1. The highest BCUT2D eigenvalue weighted by atomic mass is 35.5. The fraction of sp³-hybridized carbons (Fsp3) is 0.167. The van der Waals surface area contributed by atoms with Gasteiger partial charge in [0, 0.05) is 18.4 Å². The molecule has 1 atom stereocenters. The van der Waals surface area contributed by atoms with Crippen LogP contribution in [0, 0.1) is 5.82 Å². The van der Waals surface area contributed by atoms with Crippen LogP contribution in [0.15, 0.2) is 82.8 Å². The molecule has 0 N–H and O–H groups in total. The summed E-state index contributed by atoms with van der Waals surface area (Å²) in [4.78, 5) is 12.2. The molecule has 32 heavy (non-hydrogen) atoms. The molecular weight excluding hydrogens is 451 g/mol. The van der Waals surface area contributed by atoms with Gasteiger partial charge in [-0.1, -0.05) is 48.0 Å². The molecule has 1 heterocycles. The van der Waals surface area contributed by atoms with Crippen molar-refractivity contribution in [3.05, 3.63) is 100 Å². The van der Waals surface area contributed by atoms with Gasteiger partial charge >= 0.3 is 0 Å². The summed E-state index contributed by atoms with van der Waals surface area (Å²) in [5.74, 6) is -0.845. The molecule has 0 saturated heterocycles. The molecule has 4 rings (SSSR count). The van der Waals surface area contributed by atoms with E-state index in [0.29, 0.717) is 17.0 Å². The van der Waals surface area contributed by atoms with Crippen LogP contribution in [0.25, 0.3) is 0 Å². The molecule has 0 spiro atoms. The number of carbonyl (C=O) groups is 1. The largest absolute Gasteiger partial charge is 0.273 e. The summed E-state index contributed by atoms with van der Waals surface area (Å²) in [6.07, 6.45) is 0.536. The van der Waals surface area contributed by atoms with Crippen LogP contribution in [-0.4, -0.2) is 25.0 Å². The molecule has 0 saturated carbocycles. The van der Waals surface area contributed by atoms with Crippen LogP contribution in [0.2, 0.25) is 5.02 Å². The second-order valence-electron chi connectivity index (χ2n) is 7.59. The van der Waals surface area contributed by atoms with Crippen LogP contribution >= 0.6 is 11.6 Å². The van der Waals surface area contributed by atoms with E-state index in [4.69, 9.17) is 11.6 Å². The van der Waals surface area contributed by atoms with Gasteiger partial charge in [-0.05, 0) is 53.1 Å². The Bertz CT molecular complexity index is 1270. The topological polar surface area (TPSA) is 66.8 Å². The Hall–Kier alpha value is -3.03. The third kappa shape index (κ3) is 4.74. The van der Waals surface area contributed by atoms with E-state index in [9.17, 15) is 17.6 Å². The van der Waals surface area contributed by atoms with Gasteiger partial charge in [-0.25, -0.2) is 17.8 Å². The van der Waals surface area contributed by atoms with Crippen molar-refractivity contribution in [1.82, 2.24) is 5.01 Å². The number of amides is 1. The predicted octanol–water partition coefficient (Wildman–Crippen LogP) is 5.15. The molecule has 5 nitrogen and oxygen atoms in total. The Morgan fingerprint density at radius 3 is 2.25 bits per heavy atom. The van der Waals surface area contributed by atoms with Gasteiger partial charge in [-0.3, -0.25) is 4.79 Å². The minimum absolute atomic E-state index is 0.0750. The van der Waals surface area contributed by atoms with Crippen molar-refractivity contribution in [3.63, 3.8) is 0 Å². The summed E-state index contributed by atoms with van der Waals surface area (Å²) in [5.41, 5.74) is 3.10. The van der Waals surface area contributed by atoms with Gasteiger partial charge in [0.05, 0.1) is 22.4 Å². The lowest BCUT2D eigenvalue weighted by Gasteiger charge is -2.20. The van der Waals surface area contributed by atoms with Crippen molar-refractivity contribution in [1.29, 1.82) is 0 Å². The molecule has 1 aliphatic rings. The first-order valence-corrected chi connectivity index (χ1v) is 12.0. The number of benzene rings is 3. The van der Waals surface area contributed by atoms with Crippen LogP contribution < -0.4 is 0 Å². The number of hydrogen-bond donors (Lipinski definition) is 0. The number of nitrogens with zero attached hydrogens (tertiary/aromatic N) is 2. The number of hydrazone groups is 1. The van der Waals surface area contributed by atoms with Crippen LogP contribution in [-0.2, 0) is 20.4 Å². The Balaban J connectivity index is 1.53. The zero-order chi connectivity index (χ0) is 22.9. The lowest BCUT2D eigenvalue weighted by atomic mass is 9.98. The summed E-state index contributed by atoms with van der Waals surface area (Å²) >= 11 is 5.98. The Morgan fingerprint density at radius 2 is 1.66 bits per heavy atom. The molecule has 0 radical (unpaired) electrons. The van der Waals surface area contributed by atoms with E-state index < -0.39 is 15.7 Å². The average Bonchev–Trinajstić information content (AvgIpc) is 3.21. The average molecular weight is 471 g/mol. The van der Waals surface area contributed by atoms with Crippen LogP contribution in [0.1, 0.15) is 36.1 Å². The first-order chi connectivity index (χ1) is 15.2. The van der Waals surface area contributed by atoms with E-state index in [1.807, 2.05) is 12.1 Å². The Labute approximate surface area is 191 Å². The fourth-order valence-corrected chi connectivity index (χ4v) is 5.13. The molecule has 164 valence electrons. The molecule has 0 aliphatic carbocycles. The molecular formula is C24H20ClFN2O3S. The van der Waals surface area contributed by atoms with E-state index in [0.717, 1.165) is 29.0 Å². The SMILES string of the molecule is CC(=O)N1N=C(c2ccc(CS(=O)(=O)c3ccc(F)cc3)cc2)CC1c1ccc(Cl)cc1. The second-order valence-corrected chi connectivity index (χ2v) is 10.0. The second kappa shape index (κ2) is 8.84. The smallest absolute Gasteiger partial charge is 0.240 e. The summed E-state index contributed by atoms with van der Waals surface area (Å²) < 4.78 is 38.3. The third-order valence-corrected chi connectivity index (χ3v) is 7.26. The highest BCUT2D eigenvalue weighted by molar-refractivity contribution is 7.90. The summed E-state index contributed by atoms with van der Waals surface area (Å²) in [6, 6.07) is 18.9. The number of halogens is 2. The summed E-state index contributed by atoms with van der Waals surface area (Å²) in [6.45, 7) is 1.47. The van der Waals surface area contributed by atoms with Crippen molar-refractivity contribution in [2.75, 3.05) is 0 Å². The maximum atomic E-state index is 13.1. The Kier molecular flexibility index (Phi) is 6.13. The molecule has 0 fully saturated rings. The molecule has 3 aromatic carbocycles. The van der Waals surface area contributed by atoms with Crippen molar-refractivity contribution < 1.29 is 17.6 Å². The maximum Gasteiger partial charge on any atom is 0.240 e. The fourth-order valence-electron chi connectivity index (χ4n) is 3.66. The molecule has 1 unspecified atom stereocenters. The van der Waals surface area contributed by atoms with Gasteiger partial charge in [0.25, 0.3) is 0 Å².